The van der Waals surface area contributed by atoms with Gasteiger partial charge in [-0.3, -0.25) is 4.99 Å². The molecule has 1 atom stereocenters. The fourth-order valence-corrected chi connectivity index (χ4v) is 2.74. The Kier molecular flexibility index (Phi) is 7.47. The average molecular weight is 327 g/mol. The highest BCUT2D eigenvalue weighted by Crippen LogP contribution is 2.15. The molecule has 1 fully saturated rings. The predicted octanol–water partition coefficient (Wildman–Crippen LogP) is 1.90. The van der Waals surface area contributed by atoms with Gasteiger partial charge in [0.15, 0.2) is 0 Å². The van der Waals surface area contributed by atoms with E-state index in [1.165, 1.54) is 6.42 Å². The Balaban J connectivity index is 2.11. The molecule has 0 aromatic heterocycles. The van der Waals surface area contributed by atoms with Gasteiger partial charge in [0.1, 0.15) is 12.3 Å². The third-order valence-electron chi connectivity index (χ3n) is 4.01. The molecule has 1 aromatic carbocycles. The van der Waals surface area contributed by atoms with Crippen LogP contribution in [0, 0.1) is 11.8 Å². The van der Waals surface area contributed by atoms with Crippen LogP contribution in [0.2, 0.25) is 0 Å². The Bertz CT molecular complexity index is 650. The average Bonchev–Trinajstić information content (AvgIpc) is 2.64. The zero-order valence-electron chi connectivity index (χ0n) is 14.2. The number of ether oxygens (including phenoxy) is 1. The predicted molar refractivity (Wildman–Crippen MR) is 97.5 cm³/mol. The van der Waals surface area contributed by atoms with Crippen molar-refractivity contribution in [2.45, 2.75) is 38.7 Å². The third-order valence-corrected chi connectivity index (χ3v) is 4.01. The molecule has 1 aromatic rings. The molecule has 0 bridgehead atoms. The molecule has 128 valence electrons. The smallest absolute Gasteiger partial charge is 0.108 e. The molecular weight excluding hydrogens is 302 g/mol. The summed E-state index contributed by atoms with van der Waals surface area (Å²) < 4.78 is 5.68. The number of nitrogens with zero attached hydrogens (tertiary/aromatic N) is 2. The monoisotopic (exact) mass is 327 g/mol. The molecule has 24 heavy (non-hydrogen) atoms. The van der Waals surface area contributed by atoms with E-state index in [1.807, 2.05) is 18.2 Å². The summed E-state index contributed by atoms with van der Waals surface area (Å²) in [5, 5.41) is 12.7. The molecule has 5 heteroatoms. The van der Waals surface area contributed by atoms with Crippen molar-refractivity contribution in [3.8, 4) is 11.8 Å². The first-order valence-corrected chi connectivity index (χ1v) is 8.40. The Morgan fingerprint density at radius 3 is 3.00 bits per heavy atom. The largest absolute Gasteiger partial charge is 0.384 e. The van der Waals surface area contributed by atoms with E-state index in [2.05, 4.69) is 28.9 Å². The first kappa shape index (κ1) is 18.2. The van der Waals surface area contributed by atoms with E-state index in [-0.39, 0.29) is 12.7 Å². The molecule has 0 amide bonds. The van der Waals surface area contributed by atoms with Crippen LogP contribution in [0.3, 0.4) is 0 Å². The molecule has 0 saturated carbocycles. The molecule has 0 radical (unpaired) electrons. The summed E-state index contributed by atoms with van der Waals surface area (Å²) in [5.41, 5.74) is 3.59. The normalized spacial score (nSPS) is 18.4. The van der Waals surface area contributed by atoms with Crippen LogP contribution >= 0.6 is 0 Å². The van der Waals surface area contributed by atoms with Crippen LogP contribution < -0.4 is 5.84 Å². The Morgan fingerprint density at radius 1 is 1.46 bits per heavy atom. The van der Waals surface area contributed by atoms with E-state index in [0.29, 0.717) is 12.3 Å². The number of aryl methyl sites for hydroxylation is 1. The lowest BCUT2D eigenvalue weighted by Crippen LogP contribution is -2.22. The molecule has 1 aliphatic heterocycles. The summed E-state index contributed by atoms with van der Waals surface area (Å²) in [6, 6.07) is 5.86. The molecular formula is C19H25N3O2. The highest BCUT2D eigenvalue weighted by molar-refractivity contribution is 6.38. The van der Waals surface area contributed by atoms with E-state index >= 15 is 0 Å². The summed E-state index contributed by atoms with van der Waals surface area (Å²) in [6.07, 6.45) is 6.17. The number of hydrazone groups is 1. The van der Waals surface area contributed by atoms with Crippen LogP contribution in [0.1, 0.15) is 42.9 Å². The van der Waals surface area contributed by atoms with Crippen molar-refractivity contribution in [3.63, 3.8) is 0 Å². The Labute approximate surface area is 143 Å². The highest BCUT2D eigenvalue weighted by atomic mass is 16.5. The summed E-state index contributed by atoms with van der Waals surface area (Å²) in [4.78, 5) is 4.47. The van der Waals surface area contributed by atoms with Crippen molar-refractivity contribution in [2.75, 3.05) is 19.8 Å². The number of hydrogen-bond acceptors (Lipinski definition) is 5. The lowest BCUT2D eigenvalue weighted by Gasteiger charge is -2.20. The minimum Gasteiger partial charge on any atom is -0.384 e. The standard InChI is InChI=1S/C19H25N3O2/c1-2-16-12-15(6-5-10-23)8-9-18(16)19(22-20)14-21-13-17-7-3-4-11-24-17/h8-9,12,14,17,23H,2-4,7,10-11,13,20H2,1H3/b21-14?,22-19+. The molecule has 1 aliphatic rings. The van der Waals surface area contributed by atoms with Crippen molar-refractivity contribution in [2.24, 2.45) is 15.9 Å². The van der Waals surface area contributed by atoms with Gasteiger partial charge in [-0.25, -0.2) is 0 Å². The van der Waals surface area contributed by atoms with Gasteiger partial charge in [0, 0.05) is 23.9 Å². The third kappa shape index (κ3) is 5.19. The minimum atomic E-state index is -0.144. The topological polar surface area (TPSA) is 80.2 Å². The maximum absolute atomic E-state index is 8.80. The van der Waals surface area contributed by atoms with Gasteiger partial charge in [-0.1, -0.05) is 24.8 Å². The number of aliphatic hydroxyl groups is 1. The summed E-state index contributed by atoms with van der Waals surface area (Å²) in [5.74, 6) is 11.1. The van der Waals surface area contributed by atoms with Gasteiger partial charge in [-0.2, -0.15) is 5.10 Å². The first-order chi connectivity index (χ1) is 11.8. The molecule has 5 nitrogen and oxygen atoms in total. The number of benzene rings is 1. The summed E-state index contributed by atoms with van der Waals surface area (Å²) in [6.45, 7) is 3.40. The molecule has 1 saturated heterocycles. The van der Waals surface area contributed by atoms with Gasteiger partial charge < -0.3 is 15.7 Å². The van der Waals surface area contributed by atoms with Crippen LogP contribution in [-0.4, -0.2) is 42.9 Å². The molecule has 0 spiro atoms. The summed E-state index contributed by atoms with van der Waals surface area (Å²) in [7, 11) is 0. The molecule has 1 heterocycles. The van der Waals surface area contributed by atoms with Crippen molar-refractivity contribution >= 4 is 11.9 Å². The van der Waals surface area contributed by atoms with Crippen LogP contribution in [0.25, 0.3) is 0 Å². The molecule has 1 unspecified atom stereocenters. The van der Waals surface area contributed by atoms with Gasteiger partial charge in [-0.15, -0.1) is 0 Å². The number of aliphatic hydroxyl groups excluding tert-OH is 1. The van der Waals surface area contributed by atoms with E-state index in [0.717, 1.165) is 42.6 Å². The van der Waals surface area contributed by atoms with Gasteiger partial charge in [0.2, 0.25) is 0 Å². The Hall–Kier alpha value is -2.16. The zero-order chi connectivity index (χ0) is 17.2. The minimum absolute atomic E-state index is 0.144. The fourth-order valence-electron chi connectivity index (χ4n) is 2.74. The number of hydrogen-bond donors (Lipinski definition) is 2. The fraction of sp³-hybridized carbons (Fsp3) is 0.474. The lowest BCUT2D eigenvalue weighted by molar-refractivity contribution is 0.0226. The number of nitrogens with two attached hydrogens (primary N) is 1. The van der Waals surface area contributed by atoms with E-state index in [4.69, 9.17) is 15.7 Å². The van der Waals surface area contributed by atoms with Crippen molar-refractivity contribution < 1.29 is 9.84 Å². The molecule has 2 rings (SSSR count). The quantitative estimate of drug-likeness (QED) is 0.375. The van der Waals surface area contributed by atoms with Crippen molar-refractivity contribution in [1.29, 1.82) is 0 Å². The maximum atomic E-state index is 8.80. The molecule has 0 aliphatic carbocycles. The van der Waals surface area contributed by atoms with Crippen molar-refractivity contribution in [3.05, 3.63) is 34.9 Å². The van der Waals surface area contributed by atoms with Crippen molar-refractivity contribution in [1.82, 2.24) is 0 Å². The van der Waals surface area contributed by atoms with Gasteiger partial charge in [0.05, 0.1) is 12.6 Å². The maximum Gasteiger partial charge on any atom is 0.108 e. The summed E-state index contributed by atoms with van der Waals surface area (Å²) >= 11 is 0. The molecule has 3 N–H and O–H groups in total. The van der Waals surface area contributed by atoms with E-state index in [1.54, 1.807) is 6.21 Å². The number of aliphatic imine (C=N–C) groups is 1. The van der Waals surface area contributed by atoms with Gasteiger partial charge in [-0.05, 0) is 43.4 Å². The Morgan fingerprint density at radius 2 is 2.33 bits per heavy atom. The van der Waals surface area contributed by atoms with Crippen LogP contribution in [0.5, 0.6) is 0 Å². The van der Waals surface area contributed by atoms with Gasteiger partial charge in [0.25, 0.3) is 0 Å². The zero-order valence-corrected chi connectivity index (χ0v) is 14.2. The van der Waals surface area contributed by atoms with Gasteiger partial charge >= 0.3 is 0 Å². The second-order valence-electron chi connectivity index (χ2n) is 5.68. The van der Waals surface area contributed by atoms with Crippen LogP contribution in [-0.2, 0) is 11.2 Å². The van der Waals surface area contributed by atoms with Crippen LogP contribution in [0.15, 0.2) is 28.3 Å². The first-order valence-electron chi connectivity index (χ1n) is 8.40. The highest BCUT2D eigenvalue weighted by Gasteiger charge is 2.13. The lowest BCUT2D eigenvalue weighted by atomic mass is 9.98. The second-order valence-corrected chi connectivity index (χ2v) is 5.68. The van der Waals surface area contributed by atoms with E-state index in [9.17, 15) is 0 Å². The van der Waals surface area contributed by atoms with E-state index < -0.39 is 0 Å². The SMILES string of the molecule is CCc1cc(C#CCO)ccc1/C(C=NCC1CCCCO1)=N/N. The second kappa shape index (κ2) is 9.86. The van der Waals surface area contributed by atoms with Crippen LogP contribution in [0.4, 0.5) is 0 Å². The number of rotatable bonds is 5.